The third-order valence-corrected chi connectivity index (χ3v) is 3.76. The van der Waals surface area contributed by atoms with Gasteiger partial charge in [-0.3, -0.25) is 0 Å². The summed E-state index contributed by atoms with van der Waals surface area (Å²) in [5.74, 6) is 0. The Morgan fingerprint density at radius 1 is 0.864 bits per heavy atom. The predicted molar refractivity (Wildman–Crippen MR) is 68.5 cm³/mol. The number of ether oxygens (including phenoxy) is 1. The molecular weight excluding hydrogens is 304 g/mol. The summed E-state index contributed by atoms with van der Waals surface area (Å²) in [4.78, 5) is 10.3. The van der Waals surface area contributed by atoms with Gasteiger partial charge in [-0.05, 0) is 6.92 Å². The molecule has 0 radical (unpaired) electrons. The molecule has 22 heavy (non-hydrogen) atoms. The minimum Gasteiger partial charge on any atom is -0.388 e. The highest BCUT2D eigenvalue weighted by atomic mass is 16.5. The molecule has 0 aliphatic carbocycles. The summed E-state index contributed by atoms with van der Waals surface area (Å²) in [6.45, 7) is 1.35. The van der Waals surface area contributed by atoms with Gasteiger partial charge in [-0.1, -0.05) is 0 Å². The van der Waals surface area contributed by atoms with Crippen LogP contribution in [-0.4, -0.2) is 108 Å². The number of hydrogen-bond donors (Lipinski definition) is 8. The number of aldehydes is 1. The first-order chi connectivity index (χ1) is 10.1. The summed E-state index contributed by atoms with van der Waals surface area (Å²) in [6.07, 6.45) is -17.7. The highest BCUT2D eigenvalue weighted by molar-refractivity contribution is 5.56. The minimum absolute atomic E-state index is 0.0683. The van der Waals surface area contributed by atoms with Crippen LogP contribution >= 0.6 is 0 Å². The molecule has 1 aliphatic rings. The van der Waals surface area contributed by atoms with Crippen molar-refractivity contribution in [3.63, 3.8) is 0 Å². The quantitative estimate of drug-likeness (QED) is 0.219. The van der Waals surface area contributed by atoms with E-state index in [2.05, 4.69) is 0 Å². The Morgan fingerprint density at radius 2 is 1.41 bits per heavy atom. The molecule has 2 unspecified atom stereocenters. The van der Waals surface area contributed by atoms with E-state index in [0.29, 0.717) is 0 Å². The Hall–Kier alpha value is -0.690. The average molecular weight is 326 g/mol. The SMILES string of the molecule is C[C@H]1OC(C(O)[C@@H](O)[C@H](O)[C@H](O)[C@@H](O)C=O)[C@@H](O)[C@@H](O)[C@@H]1O. The van der Waals surface area contributed by atoms with E-state index in [-0.39, 0.29) is 6.29 Å². The molecule has 10 nitrogen and oxygen atoms in total. The molecule has 0 aromatic carbocycles. The Bertz CT molecular complexity index is 366. The Kier molecular flexibility index (Phi) is 6.80. The third-order valence-electron chi connectivity index (χ3n) is 3.76. The summed E-state index contributed by atoms with van der Waals surface area (Å²) in [6, 6.07) is 0. The van der Waals surface area contributed by atoms with Crippen LogP contribution in [0.15, 0.2) is 0 Å². The van der Waals surface area contributed by atoms with Gasteiger partial charge < -0.3 is 50.4 Å². The molecule has 130 valence electrons. The second-order valence-electron chi connectivity index (χ2n) is 5.37. The first kappa shape index (κ1) is 19.4. The topological polar surface area (TPSA) is 188 Å². The Morgan fingerprint density at radius 3 is 1.91 bits per heavy atom. The molecule has 8 N–H and O–H groups in total. The molecule has 0 aromatic heterocycles. The maximum absolute atomic E-state index is 10.3. The highest BCUT2D eigenvalue weighted by Crippen LogP contribution is 2.25. The number of aliphatic hydroxyl groups is 8. The van der Waals surface area contributed by atoms with E-state index in [4.69, 9.17) is 9.84 Å². The van der Waals surface area contributed by atoms with E-state index in [1.807, 2.05) is 0 Å². The molecule has 0 saturated carbocycles. The summed E-state index contributed by atoms with van der Waals surface area (Å²) >= 11 is 0. The van der Waals surface area contributed by atoms with E-state index in [0.717, 1.165) is 0 Å². The van der Waals surface area contributed by atoms with Crippen molar-refractivity contribution in [2.24, 2.45) is 0 Å². The highest BCUT2D eigenvalue weighted by Gasteiger charge is 2.48. The van der Waals surface area contributed by atoms with Crippen LogP contribution in [0.2, 0.25) is 0 Å². The summed E-state index contributed by atoms with van der Waals surface area (Å²) in [5.41, 5.74) is 0. The fraction of sp³-hybridized carbons (Fsp3) is 0.917. The van der Waals surface area contributed by atoms with Crippen molar-refractivity contribution in [3.05, 3.63) is 0 Å². The van der Waals surface area contributed by atoms with E-state index < -0.39 is 61.0 Å². The van der Waals surface area contributed by atoms with Crippen molar-refractivity contribution in [1.29, 1.82) is 0 Å². The van der Waals surface area contributed by atoms with Crippen LogP contribution in [0.25, 0.3) is 0 Å². The third kappa shape index (κ3) is 3.79. The normalized spacial score (nSPS) is 39.6. The van der Waals surface area contributed by atoms with Crippen LogP contribution < -0.4 is 0 Å². The average Bonchev–Trinajstić information content (AvgIpc) is 2.52. The fourth-order valence-electron chi connectivity index (χ4n) is 2.25. The molecule has 0 bridgehead atoms. The number of rotatable bonds is 6. The van der Waals surface area contributed by atoms with Gasteiger partial charge in [0.1, 0.15) is 54.9 Å². The van der Waals surface area contributed by atoms with Gasteiger partial charge in [0.2, 0.25) is 0 Å². The maximum atomic E-state index is 10.3. The number of aliphatic hydroxyl groups excluding tert-OH is 8. The van der Waals surface area contributed by atoms with Crippen LogP contribution in [-0.2, 0) is 9.53 Å². The predicted octanol–water partition coefficient (Wildman–Crippen LogP) is -5.14. The van der Waals surface area contributed by atoms with Crippen molar-refractivity contribution >= 4 is 6.29 Å². The van der Waals surface area contributed by atoms with Gasteiger partial charge in [-0.15, -0.1) is 0 Å². The van der Waals surface area contributed by atoms with Gasteiger partial charge in [-0.2, -0.15) is 0 Å². The number of carbonyl (C=O) groups excluding carboxylic acids is 1. The zero-order chi connectivity index (χ0) is 17.2. The van der Waals surface area contributed by atoms with Gasteiger partial charge in [0.15, 0.2) is 6.29 Å². The second-order valence-corrected chi connectivity index (χ2v) is 5.37. The lowest BCUT2D eigenvalue weighted by atomic mass is 9.88. The second kappa shape index (κ2) is 7.73. The largest absolute Gasteiger partial charge is 0.388 e. The Balaban J connectivity index is 2.81. The summed E-state index contributed by atoms with van der Waals surface area (Å²) in [7, 11) is 0. The van der Waals surface area contributed by atoms with Crippen molar-refractivity contribution in [2.75, 3.05) is 0 Å². The van der Waals surface area contributed by atoms with Crippen LogP contribution in [0.1, 0.15) is 6.92 Å². The molecule has 10 atom stereocenters. The molecule has 10 heteroatoms. The monoisotopic (exact) mass is 326 g/mol. The lowest BCUT2D eigenvalue weighted by molar-refractivity contribution is -0.255. The van der Waals surface area contributed by atoms with Crippen molar-refractivity contribution in [1.82, 2.24) is 0 Å². The smallest absolute Gasteiger partial charge is 0.151 e. The maximum Gasteiger partial charge on any atom is 0.151 e. The van der Waals surface area contributed by atoms with E-state index in [1.165, 1.54) is 6.92 Å². The summed E-state index contributed by atoms with van der Waals surface area (Å²) < 4.78 is 5.09. The number of hydrogen-bond acceptors (Lipinski definition) is 10. The minimum atomic E-state index is -2.12. The molecule has 0 amide bonds. The van der Waals surface area contributed by atoms with E-state index >= 15 is 0 Å². The first-order valence-corrected chi connectivity index (χ1v) is 6.68. The first-order valence-electron chi connectivity index (χ1n) is 6.68. The molecule has 1 fully saturated rings. The molecular formula is C12H22O10. The summed E-state index contributed by atoms with van der Waals surface area (Å²) in [5, 5.41) is 76.8. The van der Waals surface area contributed by atoms with E-state index in [1.54, 1.807) is 0 Å². The van der Waals surface area contributed by atoms with Gasteiger partial charge in [-0.25, -0.2) is 0 Å². The molecule has 1 aliphatic heterocycles. The lowest BCUT2D eigenvalue weighted by Gasteiger charge is -2.42. The van der Waals surface area contributed by atoms with E-state index in [9.17, 15) is 40.5 Å². The molecule has 1 heterocycles. The number of carbonyl (C=O) groups is 1. The molecule has 1 rings (SSSR count). The Labute approximate surface area is 125 Å². The molecule has 1 saturated heterocycles. The van der Waals surface area contributed by atoms with Crippen LogP contribution in [0.5, 0.6) is 0 Å². The molecule has 0 aromatic rings. The van der Waals surface area contributed by atoms with Crippen molar-refractivity contribution < 1.29 is 50.4 Å². The zero-order valence-corrected chi connectivity index (χ0v) is 11.7. The van der Waals surface area contributed by atoms with Gasteiger partial charge in [0.25, 0.3) is 0 Å². The van der Waals surface area contributed by atoms with Crippen molar-refractivity contribution in [2.45, 2.75) is 68.0 Å². The molecule has 0 spiro atoms. The van der Waals surface area contributed by atoms with Gasteiger partial charge in [0, 0.05) is 0 Å². The lowest BCUT2D eigenvalue weighted by Crippen LogP contribution is -2.63. The van der Waals surface area contributed by atoms with Gasteiger partial charge >= 0.3 is 0 Å². The van der Waals surface area contributed by atoms with Crippen LogP contribution in [0.3, 0.4) is 0 Å². The zero-order valence-electron chi connectivity index (χ0n) is 11.7. The van der Waals surface area contributed by atoms with Crippen LogP contribution in [0.4, 0.5) is 0 Å². The standard InChI is InChI=1S/C12H22O10/c1-3-5(15)7(17)10(20)12(22-3)11(21)9(19)8(18)6(16)4(14)2-13/h2-12,14-21H,1H3/t3-,4+,5-,6-,7+,8-,9+,10+,11?,12?/m1/s1. The fourth-order valence-corrected chi connectivity index (χ4v) is 2.25. The van der Waals surface area contributed by atoms with Crippen LogP contribution in [0, 0.1) is 0 Å². The van der Waals surface area contributed by atoms with Gasteiger partial charge in [0.05, 0.1) is 6.10 Å². The van der Waals surface area contributed by atoms with Crippen molar-refractivity contribution in [3.8, 4) is 0 Å².